The maximum atomic E-state index is 11.2. The van der Waals surface area contributed by atoms with Gasteiger partial charge in [-0.25, -0.2) is 8.42 Å². The molecule has 0 unspecified atom stereocenters. The fourth-order valence-corrected chi connectivity index (χ4v) is 3.43. The SMILES string of the molecule is O=S1(=O)C[C@@H](O)[C@H](N/N=C/c2ccccc2)C1. The molecule has 0 aromatic heterocycles. The molecule has 0 radical (unpaired) electrons. The van der Waals surface area contributed by atoms with Gasteiger partial charge in [-0.1, -0.05) is 30.3 Å². The molecule has 1 heterocycles. The van der Waals surface area contributed by atoms with Crippen LogP contribution < -0.4 is 5.43 Å². The zero-order valence-electron chi connectivity index (χ0n) is 9.15. The van der Waals surface area contributed by atoms with Crippen molar-refractivity contribution in [3.05, 3.63) is 35.9 Å². The number of hydrazone groups is 1. The Morgan fingerprint density at radius 3 is 2.59 bits per heavy atom. The van der Waals surface area contributed by atoms with Gasteiger partial charge in [0.25, 0.3) is 0 Å². The van der Waals surface area contributed by atoms with Gasteiger partial charge in [-0.05, 0) is 5.56 Å². The lowest BCUT2D eigenvalue weighted by Crippen LogP contribution is -2.35. The quantitative estimate of drug-likeness (QED) is 0.577. The van der Waals surface area contributed by atoms with Gasteiger partial charge in [0.2, 0.25) is 0 Å². The fourth-order valence-electron chi connectivity index (χ4n) is 1.70. The molecule has 2 rings (SSSR count). The van der Waals surface area contributed by atoms with Crippen molar-refractivity contribution in [2.45, 2.75) is 12.1 Å². The maximum absolute atomic E-state index is 11.2. The Morgan fingerprint density at radius 2 is 2.00 bits per heavy atom. The Labute approximate surface area is 100 Å². The molecule has 0 spiro atoms. The van der Waals surface area contributed by atoms with Crippen molar-refractivity contribution in [1.82, 2.24) is 5.43 Å². The molecule has 17 heavy (non-hydrogen) atoms. The van der Waals surface area contributed by atoms with Crippen molar-refractivity contribution >= 4 is 16.1 Å². The zero-order chi connectivity index (χ0) is 12.3. The second kappa shape index (κ2) is 4.85. The van der Waals surface area contributed by atoms with Gasteiger partial charge in [0, 0.05) is 0 Å². The summed E-state index contributed by atoms with van der Waals surface area (Å²) >= 11 is 0. The molecule has 1 saturated heterocycles. The van der Waals surface area contributed by atoms with Crippen LogP contribution in [0, 0.1) is 0 Å². The molecule has 0 aliphatic carbocycles. The van der Waals surface area contributed by atoms with Crippen molar-refractivity contribution in [3.8, 4) is 0 Å². The van der Waals surface area contributed by atoms with Crippen LogP contribution in [0.15, 0.2) is 35.4 Å². The summed E-state index contributed by atoms with van der Waals surface area (Å²) in [4.78, 5) is 0. The number of aliphatic hydroxyl groups is 1. The van der Waals surface area contributed by atoms with E-state index in [1.807, 2.05) is 30.3 Å². The van der Waals surface area contributed by atoms with Gasteiger partial charge in [-0.15, -0.1) is 0 Å². The first-order valence-electron chi connectivity index (χ1n) is 5.29. The van der Waals surface area contributed by atoms with Crippen LogP contribution in [0.3, 0.4) is 0 Å². The van der Waals surface area contributed by atoms with E-state index in [-0.39, 0.29) is 11.5 Å². The largest absolute Gasteiger partial charge is 0.390 e. The summed E-state index contributed by atoms with van der Waals surface area (Å²) in [5.41, 5.74) is 3.59. The molecule has 92 valence electrons. The minimum atomic E-state index is -3.13. The molecule has 0 saturated carbocycles. The number of aliphatic hydroxyl groups excluding tert-OH is 1. The molecule has 6 heteroatoms. The zero-order valence-corrected chi connectivity index (χ0v) is 9.97. The Balaban J connectivity index is 1.93. The maximum Gasteiger partial charge on any atom is 0.155 e. The van der Waals surface area contributed by atoms with Gasteiger partial charge in [0.15, 0.2) is 9.84 Å². The average Bonchev–Trinajstić information content (AvgIpc) is 2.53. The molecular weight excluding hydrogens is 240 g/mol. The first-order valence-corrected chi connectivity index (χ1v) is 7.11. The van der Waals surface area contributed by atoms with Crippen molar-refractivity contribution in [2.24, 2.45) is 5.10 Å². The highest BCUT2D eigenvalue weighted by molar-refractivity contribution is 7.91. The van der Waals surface area contributed by atoms with E-state index in [1.165, 1.54) is 0 Å². The number of hydrogen-bond donors (Lipinski definition) is 2. The standard InChI is InChI=1S/C11H14N2O3S/c14-11-8-17(15,16)7-10(11)13-12-6-9-4-2-1-3-5-9/h1-6,10-11,13-14H,7-8H2/b12-6+/t10-,11-/m1/s1. The van der Waals surface area contributed by atoms with Gasteiger partial charge in [-0.2, -0.15) is 5.10 Å². The van der Waals surface area contributed by atoms with Crippen LogP contribution in [0.2, 0.25) is 0 Å². The molecule has 5 nitrogen and oxygen atoms in total. The lowest BCUT2D eigenvalue weighted by molar-refractivity contribution is 0.167. The third-order valence-corrected chi connectivity index (χ3v) is 4.29. The number of benzene rings is 1. The predicted octanol–water partition coefficient (Wildman–Crippen LogP) is -0.232. The van der Waals surface area contributed by atoms with E-state index in [1.54, 1.807) is 6.21 Å². The summed E-state index contributed by atoms with van der Waals surface area (Å²) in [6.07, 6.45) is 0.713. The van der Waals surface area contributed by atoms with E-state index < -0.39 is 22.0 Å². The van der Waals surface area contributed by atoms with Crippen LogP contribution in [-0.4, -0.2) is 43.4 Å². The molecular formula is C11H14N2O3S. The predicted molar refractivity (Wildman–Crippen MR) is 65.6 cm³/mol. The van der Waals surface area contributed by atoms with Gasteiger partial charge >= 0.3 is 0 Å². The molecule has 0 amide bonds. The second-order valence-electron chi connectivity index (χ2n) is 4.05. The third kappa shape index (κ3) is 3.28. The van der Waals surface area contributed by atoms with Crippen molar-refractivity contribution in [1.29, 1.82) is 0 Å². The van der Waals surface area contributed by atoms with Crippen LogP contribution >= 0.6 is 0 Å². The lowest BCUT2D eigenvalue weighted by Gasteiger charge is -2.11. The van der Waals surface area contributed by atoms with Crippen LogP contribution in [0.4, 0.5) is 0 Å². The van der Waals surface area contributed by atoms with E-state index >= 15 is 0 Å². The molecule has 2 N–H and O–H groups in total. The lowest BCUT2D eigenvalue weighted by atomic mass is 10.2. The molecule has 1 aromatic rings. The third-order valence-electron chi connectivity index (χ3n) is 2.58. The highest BCUT2D eigenvalue weighted by atomic mass is 32.2. The van der Waals surface area contributed by atoms with Crippen LogP contribution in [0.5, 0.6) is 0 Å². The number of sulfone groups is 1. The molecule has 1 aliphatic heterocycles. The minimum absolute atomic E-state index is 0.0692. The molecule has 1 aliphatic rings. The number of nitrogens with one attached hydrogen (secondary N) is 1. The summed E-state index contributed by atoms with van der Waals surface area (Å²) in [7, 11) is -3.13. The smallest absolute Gasteiger partial charge is 0.155 e. The monoisotopic (exact) mass is 254 g/mol. The summed E-state index contributed by atoms with van der Waals surface area (Å²) in [5, 5.41) is 13.4. The van der Waals surface area contributed by atoms with E-state index in [9.17, 15) is 13.5 Å². The molecule has 2 atom stereocenters. The van der Waals surface area contributed by atoms with Gasteiger partial charge in [0.1, 0.15) is 0 Å². The number of nitrogens with zero attached hydrogens (tertiary/aromatic N) is 1. The minimum Gasteiger partial charge on any atom is -0.390 e. The van der Waals surface area contributed by atoms with Gasteiger partial charge in [0.05, 0.1) is 29.9 Å². The first-order chi connectivity index (χ1) is 8.07. The average molecular weight is 254 g/mol. The normalized spacial score (nSPS) is 27.4. The summed E-state index contributed by atoms with van der Waals surface area (Å²) in [6.45, 7) is 0. The van der Waals surface area contributed by atoms with Gasteiger partial charge in [-0.3, -0.25) is 0 Å². The highest BCUT2D eigenvalue weighted by Gasteiger charge is 2.36. The Kier molecular flexibility index (Phi) is 3.44. The van der Waals surface area contributed by atoms with Crippen molar-refractivity contribution < 1.29 is 13.5 Å². The van der Waals surface area contributed by atoms with Crippen molar-refractivity contribution in [2.75, 3.05) is 11.5 Å². The summed E-state index contributed by atoms with van der Waals surface area (Å²) in [5.74, 6) is -0.258. The highest BCUT2D eigenvalue weighted by Crippen LogP contribution is 2.12. The van der Waals surface area contributed by atoms with E-state index in [4.69, 9.17) is 0 Å². The Morgan fingerprint density at radius 1 is 1.29 bits per heavy atom. The van der Waals surface area contributed by atoms with Crippen LogP contribution in [-0.2, 0) is 9.84 Å². The Bertz CT molecular complexity index is 499. The van der Waals surface area contributed by atoms with Crippen molar-refractivity contribution in [3.63, 3.8) is 0 Å². The summed E-state index contributed by atoms with van der Waals surface area (Å²) in [6, 6.07) is 8.92. The van der Waals surface area contributed by atoms with Crippen LogP contribution in [0.25, 0.3) is 0 Å². The fraction of sp³-hybridized carbons (Fsp3) is 0.364. The van der Waals surface area contributed by atoms with E-state index in [2.05, 4.69) is 10.5 Å². The molecule has 0 bridgehead atoms. The summed E-state index contributed by atoms with van der Waals surface area (Å²) < 4.78 is 22.5. The second-order valence-corrected chi connectivity index (χ2v) is 6.20. The van der Waals surface area contributed by atoms with Gasteiger partial charge < -0.3 is 10.5 Å². The molecule has 1 fully saturated rings. The molecule has 1 aromatic carbocycles. The number of rotatable bonds is 3. The van der Waals surface area contributed by atoms with E-state index in [0.29, 0.717) is 0 Å². The Hall–Kier alpha value is -1.40. The topological polar surface area (TPSA) is 78.8 Å². The first kappa shape index (κ1) is 12.1. The van der Waals surface area contributed by atoms with E-state index in [0.717, 1.165) is 5.56 Å². The number of hydrogen-bond acceptors (Lipinski definition) is 5. The van der Waals surface area contributed by atoms with Crippen LogP contribution in [0.1, 0.15) is 5.56 Å².